The van der Waals surface area contributed by atoms with Gasteiger partial charge < -0.3 is 0 Å². The number of carbonyl (C=O) groups excluding carboxylic acids is 3. The summed E-state index contributed by atoms with van der Waals surface area (Å²) in [5, 5.41) is 10.9. The van der Waals surface area contributed by atoms with Gasteiger partial charge in [0.2, 0.25) is 5.91 Å². The molecule has 2 aromatic rings. The number of anilines is 1. The molecule has 0 spiro atoms. The summed E-state index contributed by atoms with van der Waals surface area (Å²) in [4.78, 5) is 48.0. The van der Waals surface area contributed by atoms with E-state index in [1.54, 1.807) is 24.3 Å². The van der Waals surface area contributed by atoms with Gasteiger partial charge in [-0.15, -0.1) is 0 Å². The monoisotopic (exact) mass is 368 g/mol. The summed E-state index contributed by atoms with van der Waals surface area (Å²) in [5.74, 6) is -1.55. The van der Waals surface area contributed by atoms with Crippen LogP contribution in [0.3, 0.4) is 0 Å². The first kappa shape index (κ1) is 18.2. The number of rotatable bonds is 5. The third-order valence-corrected chi connectivity index (χ3v) is 4.12. The minimum Gasteiger partial charge on any atom is -0.287 e. The number of nitrogens with one attached hydrogen (secondary N) is 2. The summed E-state index contributed by atoms with van der Waals surface area (Å²) < 4.78 is 0. The lowest BCUT2D eigenvalue weighted by molar-refractivity contribution is -0.384. The highest BCUT2D eigenvalue weighted by Gasteiger charge is 2.40. The Morgan fingerprint density at radius 1 is 1.19 bits per heavy atom. The van der Waals surface area contributed by atoms with Gasteiger partial charge in [0.1, 0.15) is 6.04 Å². The van der Waals surface area contributed by atoms with E-state index >= 15 is 0 Å². The lowest BCUT2D eigenvalue weighted by Gasteiger charge is -2.15. The fraction of sp³-hybridized carbons (Fsp3) is 0.167. The number of hydrogen-bond donors (Lipinski definition) is 2. The molecule has 1 fully saturated rings. The molecule has 0 saturated carbocycles. The van der Waals surface area contributed by atoms with Crippen LogP contribution in [0.2, 0.25) is 0 Å². The fourth-order valence-corrected chi connectivity index (χ4v) is 2.69. The number of nitrogens with zero attached hydrogens (tertiary/aromatic N) is 2. The van der Waals surface area contributed by atoms with E-state index in [2.05, 4.69) is 10.9 Å². The fourth-order valence-electron chi connectivity index (χ4n) is 2.69. The van der Waals surface area contributed by atoms with Gasteiger partial charge in [0.15, 0.2) is 0 Å². The highest BCUT2D eigenvalue weighted by Crippen LogP contribution is 2.26. The Kier molecular flexibility index (Phi) is 4.95. The molecular weight excluding hydrogens is 352 g/mol. The van der Waals surface area contributed by atoms with Crippen LogP contribution in [0, 0.1) is 17.0 Å². The van der Waals surface area contributed by atoms with Crippen LogP contribution in [0.5, 0.6) is 0 Å². The summed E-state index contributed by atoms with van der Waals surface area (Å²) in [5.41, 5.74) is 6.28. The van der Waals surface area contributed by atoms with Gasteiger partial charge in [-0.1, -0.05) is 23.8 Å². The number of nitro groups is 1. The lowest BCUT2D eigenvalue weighted by atomic mass is 10.1. The number of benzene rings is 2. The van der Waals surface area contributed by atoms with Crippen molar-refractivity contribution in [2.45, 2.75) is 19.4 Å². The zero-order valence-corrected chi connectivity index (χ0v) is 14.3. The van der Waals surface area contributed by atoms with E-state index in [0.717, 1.165) is 16.5 Å². The second-order valence-electron chi connectivity index (χ2n) is 6.07. The standard InChI is InChI=1S/C18H16N4O5/c1-11-5-7-12(8-6-11)17(24)20-19-15-10-16(23)21(18(15)25)13-3-2-4-14(9-13)22(26)27/h2-9,15,19H,10H2,1H3,(H,20,24)/t15-/m1/s1. The highest BCUT2D eigenvalue weighted by atomic mass is 16.6. The van der Waals surface area contributed by atoms with Crippen molar-refractivity contribution >= 4 is 29.1 Å². The molecule has 0 bridgehead atoms. The van der Waals surface area contributed by atoms with Gasteiger partial charge in [0, 0.05) is 17.7 Å². The summed E-state index contributed by atoms with van der Waals surface area (Å²) >= 11 is 0. The first-order valence-electron chi connectivity index (χ1n) is 8.10. The number of imide groups is 1. The molecule has 138 valence electrons. The molecule has 3 rings (SSSR count). The molecule has 2 aromatic carbocycles. The van der Waals surface area contributed by atoms with E-state index in [1.807, 2.05) is 6.92 Å². The first-order valence-corrected chi connectivity index (χ1v) is 8.10. The number of amides is 3. The third kappa shape index (κ3) is 3.82. The summed E-state index contributed by atoms with van der Waals surface area (Å²) in [7, 11) is 0. The Bertz CT molecular complexity index is 926. The summed E-state index contributed by atoms with van der Waals surface area (Å²) in [6.45, 7) is 1.89. The van der Waals surface area contributed by atoms with Crippen molar-refractivity contribution in [2.24, 2.45) is 0 Å². The van der Waals surface area contributed by atoms with E-state index in [0.29, 0.717) is 5.56 Å². The van der Waals surface area contributed by atoms with Gasteiger partial charge in [-0.05, 0) is 25.1 Å². The van der Waals surface area contributed by atoms with E-state index in [9.17, 15) is 24.5 Å². The molecule has 9 nitrogen and oxygen atoms in total. The molecule has 0 aliphatic carbocycles. The van der Waals surface area contributed by atoms with Crippen molar-refractivity contribution in [3.05, 3.63) is 69.8 Å². The van der Waals surface area contributed by atoms with Crippen LogP contribution in [0.1, 0.15) is 22.3 Å². The molecule has 0 radical (unpaired) electrons. The minimum atomic E-state index is -0.953. The Balaban J connectivity index is 1.69. The molecule has 1 atom stereocenters. The average Bonchev–Trinajstić information content (AvgIpc) is 2.94. The van der Waals surface area contributed by atoms with Gasteiger partial charge in [0.05, 0.1) is 17.0 Å². The third-order valence-electron chi connectivity index (χ3n) is 4.12. The maximum absolute atomic E-state index is 12.5. The van der Waals surface area contributed by atoms with Crippen LogP contribution < -0.4 is 15.8 Å². The Morgan fingerprint density at radius 2 is 1.89 bits per heavy atom. The molecule has 27 heavy (non-hydrogen) atoms. The quantitative estimate of drug-likeness (QED) is 0.468. The second-order valence-corrected chi connectivity index (χ2v) is 6.07. The number of nitro benzene ring substituents is 1. The topological polar surface area (TPSA) is 122 Å². The second kappa shape index (κ2) is 7.34. The molecule has 1 saturated heterocycles. The van der Waals surface area contributed by atoms with Gasteiger partial charge in [-0.3, -0.25) is 29.9 Å². The van der Waals surface area contributed by atoms with Crippen LogP contribution in [0.25, 0.3) is 0 Å². The molecule has 1 aliphatic rings. The largest absolute Gasteiger partial charge is 0.287 e. The maximum atomic E-state index is 12.5. The summed E-state index contributed by atoms with van der Waals surface area (Å²) in [6.07, 6.45) is -0.171. The predicted molar refractivity (Wildman–Crippen MR) is 95.8 cm³/mol. The molecule has 0 aromatic heterocycles. The molecule has 3 amide bonds. The van der Waals surface area contributed by atoms with Crippen molar-refractivity contribution in [2.75, 3.05) is 4.90 Å². The smallest absolute Gasteiger partial charge is 0.271 e. The lowest BCUT2D eigenvalue weighted by Crippen LogP contribution is -2.48. The number of carbonyl (C=O) groups is 3. The first-order chi connectivity index (χ1) is 12.9. The van der Waals surface area contributed by atoms with Crippen LogP contribution in [-0.2, 0) is 9.59 Å². The van der Waals surface area contributed by atoms with E-state index in [4.69, 9.17) is 0 Å². The van der Waals surface area contributed by atoms with E-state index in [1.165, 1.54) is 18.2 Å². The van der Waals surface area contributed by atoms with Crippen molar-refractivity contribution in [3.63, 3.8) is 0 Å². The maximum Gasteiger partial charge on any atom is 0.271 e. The Hall–Kier alpha value is -3.59. The van der Waals surface area contributed by atoms with Gasteiger partial charge in [-0.2, -0.15) is 0 Å². The molecule has 1 heterocycles. The zero-order chi connectivity index (χ0) is 19.6. The molecule has 0 unspecified atom stereocenters. The van der Waals surface area contributed by atoms with Gasteiger partial charge >= 0.3 is 0 Å². The highest BCUT2D eigenvalue weighted by molar-refractivity contribution is 6.22. The number of hydrogen-bond acceptors (Lipinski definition) is 6. The van der Waals surface area contributed by atoms with Crippen molar-refractivity contribution in [3.8, 4) is 0 Å². The molecular formula is C18H16N4O5. The van der Waals surface area contributed by atoms with Crippen LogP contribution >= 0.6 is 0 Å². The van der Waals surface area contributed by atoms with Crippen molar-refractivity contribution in [1.29, 1.82) is 0 Å². The molecule has 1 aliphatic heterocycles. The number of aryl methyl sites for hydroxylation is 1. The Labute approximate surface area is 154 Å². The van der Waals surface area contributed by atoms with Crippen molar-refractivity contribution < 1.29 is 19.3 Å². The number of hydrazine groups is 1. The van der Waals surface area contributed by atoms with Crippen LogP contribution in [0.15, 0.2) is 48.5 Å². The normalized spacial score (nSPS) is 16.5. The van der Waals surface area contributed by atoms with Crippen LogP contribution in [-0.4, -0.2) is 28.7 Å². The molecule has 9 heteroatoms. The van der Waals surface area contributed by atoms with E-state index in [-0.39, 0.29) is 17.8 Å². The van der Waals surface area contributed by atoms with Crippen molar-refractivity contribution in [1.82, 2.24) is 10.9 Å². The predicted octanol–water partition coefficient (Wildman–Crippen LogP) is 1.47. The summed E-state index contributed by atoms with van der Waals surface area (Å²) in [6, 6.07) is 11.2. The van der Waals surface area contributed by atoms with Crippen LogP contribution in [0.4, 0.5) is 11.4 Å². The van der Waals surface area contributed by atoms with Gasteiger partial charge in [0.25, 0.3) is 17.5 Å². The van der Waals surface area contributed by atoms with Gasteiger partial charge in [-0.25, -0.2) is 10.3 Å². The zero-order valence-electron chi connectivity index (χ0n) is 14.3. The SMILES string of the molecule is Cc1ccc(C(=O)NN[C@@H]2CC(=O)N(c3cccc([N+](=O)[O-])c3)C2=O)cc1. The average molecular weight is 368 g/mol. The minimum absolute atomic E-state index is 0.119. The number of non-ortho nitro benzene ring substituents is 1. The molecule has 2 N–H and O–H groups in total. The Morgan fingerprint density at radius 3 is 2.56 bits per heavy atom. The van der Waals surface area contributed by atoms with E-state index < -0.39 is 28.7 Å².